The smallest absolute Gasteiger partial charge is 0.328 e. The van der Waals surface area contributed by atoms with Crippen molar-refractivity contribution in [2.45, 2.75) is 23.3 Å². The number of sulfone groups is 1. The average Bonchev–Trinajstić information content (AvgIpc) is 3.51. The molecule has 3 heterocycles. The molecule has 6 rings (SSSR count). The summed E-state index contributed by atoms with van der Waals surface area (Å²) in [6, 6.07) is 19.5. The number of imidazole rings is 1. The summed E-state index contributed by atoms with van der Waals surface area (Å²) in [6.45, 7) is 2.45. The van der Waals surface area contributed by atoms with Gasteiger partial charge in [-0.1, -0.05) is 36.4 Å². The number of pyridine rings is 1. The molecule has 1 amide bonds. The van der Waals surface area contributed by atoms with Crippen LogP contribution in [0.3, 0.4) is 0 Å². The predicted molar refractivity (Wildman–Crippen MR) is 155 cm³/mol. The number of hydrogen-bond acceptors (Lipinski definition) is 5. The zero-order valence-electron chi connectivity index (χ0n) is 22.6. The summed E-state index contributed by atoms with van der Waals surface area (Å²) in [5, 5.41) is 0.421. The van der Waals surface area contributed by atoms with Crippen molar-refractivity contribution < 1.29 is 17.6 Å². The number of fused-ring (bicyclic) bond motifs is 2. The molecule has 0 aliphatic rings. The predicted octanol–water partition coefficient (Wildman–Crippen LogP) is 5.91. The number of carbonyl (C=O) groups excluding carboxylic acids is 1. The summed E-state index contributed by atoms with van der Waals surface area (Å²) in [7, 11) is -0.770. The minimum absolute atomic E-state index is 0.0325. The maximum Gasteiger partial charge on any atom is 0.328 e. The second kappa shape index (κ2) is 9.97. The topological polar surface area (TPSA) is 90.1 Å². The highest BCUT2D eigenvalue weighted by Gasteiger charge is 2.26. The highest BCUT2D eigenvalue weighted by atomic mass is 32.2. The second-order valence-electron chi connectivity index (χ2n) is 10.0. The van der Waals surface area contributed by atoms with Crippen LogP contribution < -0.4 is 0 Å². The van der Waals surface area contributed by atoms with Gasteiger partial charge in [0.05, 0.1) is 27.0 Å². The van der Waals surface area contributed by atoms with Gasteiger partial charge in [0.1, 0.15) is 17.2 Å². The van der Waals surface area contributed by atoms with Crippen LogP contribution in [-0.4, -0.2) is 52.5 Å². The fraction of sp³-hybridized carbons (Fsp3) is 0.129. The molecule has 0 N–H and O–H groups in total. The number of benzene rings is 3. The third-order valence-corrected chi connectivity index (χ3v) is 8.94. The molecule has 0 saturated heterocycles. The van der Waals surface area contributed by atoms with Crippen molar-refractivity contribution in [1.82, 2.24) is 24.0 Å². The van der Waals surface area contributed by atoms with E-state index in [-0.39, 0.29) is 21.6 Å². The van der Waals surface area contributed by atoms with Gasteiger partial charge >= 0.3 is 6.03 Å². The first-order valence-corrected chi connectivity index (χ1v) is 14.4. The van der Waals surface area contributed by atoms with Crippen LogP contribution in [0.2, 0.25) is 0 Å². The van der Waals surface area contributed by atoms with Gasteiger partial charge in [0.25, 0.3) is 0 Å². The molecule has 41 heavy (non-hydrogen) atoms. The zero-order chi connectivity index (χ0) is 28.9. The molecule has 206 valence electrons. The third-order valence-electron chi connectivity index (χ3n) is 7.14. The van der Waals surface area contributed by atoms with E-state index in [4.69, 9.17) is 0 Å². The Balaban J connectivity index is 1.39. The van der Waals surface area contributed by atoms with Crippen LogP contribution in [0, 0.1) is 12.7 Å². The third kappa shape index (κ3) is 4.66. The van der Waals surface area contributed by atoms with Crippen LogP contribution in [0.5, 0.6) is 0 Å². The van der Waals surface area contributed by atoms with Gasteiger partial charge in [0, 0.05) is 38.4 Å². The number of carbonyl (C=O) groups is 1. The standard InChI is InChI=1S/C31H26FN5O3S/c1-20-34-27-17-33-15-14-28(27)36(20)18-21-4-11-25(12-5-21)41(39,40)30-19-37(31(38)35(2)3)29-16-23(8-13-26(29)30)22-6-9-24(32)10-7-22/h4-17,19H,18H2,1-3H3. The van der Waals surface area contributed by atoms with Crippen LogP contribution >= 0.6 is 0 Å². The van der Waals surface area contributed by atoms with Crippen molar-refractivity contribution in [3.05, 3.63) is 109 Å². The van der Waals surface area contributed by atoms with Gasteiger partial charge in [-0.05, 0) is 60.0 Å². The number of halogens is 1. The number of hydrogen-bond donors (Lipinski definition) is 0. The summed E-state index contributed by atoms with van der Waals surface area (Å²) in [4.78, 5) is 23.3. The van der Waals surface area contributed by atoms with Crippen molar-refractivity contribution in [2.75, 3.05) is 14.1 Å². The van der Waals surface area contributed by atoms with Crippen LogP contribution in [0.15, 0.2) is 101 Å². The lowest BCUT2D eigenvalue weighted by molar-refractivity contribution is 0.220. The molecule has 0 fully saturated rings. The van der Waals surface area contributed by atoms with Gasteiger partial charge in [-0.25, -0.2) is 22.6 Å². The van der Waals surface area contributed by atoms with E-state index in [9.17, 15) is 17.6 Å². The molecule has 8 nitrogen and oxygen atoms in total. The Kier molecular flexibility index (Phi) is 6.42. The summed E-state index contributed by atoms with van der Waals surface area (Å²) in [5.41, 5.74) is 4.59. The number of amides is 1. The van der Waals surface area contributed by atoms with Gasteiger partial charge in [-0.2, -0.15) is 0 Å². The Hall–Kier alpha value is -4.83. The first-order chi connectivity index (χ1) is 19.6. The van der Waals surface area contributed by atoms with Gasteiger partial charge < -0.3 is 9.47 Å². The second-order valence-corrected chi connectivity index (χ2v) is 12.0. The van der Waals surface area contributed by atoms with E-state index < -0.39 is 9.84 Å². The Morgan fingerprint density at radius 2 is 1.63 bits per heavy atom. The SMILES string of the molecule is Cc1nc2cnccc2n1Cc1ccc(S(=O)(=O)c2cn(C(=O)N(C)C)c3cc(-c4ccc(F)cc4)ccc23)cc1. The van der Waals surface area contributed by atoms with Gasteiger partial charge in [0.2, 0.25) is 9.84 Å². The van der Waals surface area contributed by atoms with Crippen LogP contribution in [-0.2, 0) is 16.4 Å². The van der Waals surface area contributed by atoms with E-state index >= 15 is 0 Å². The molecule has 0 saturated carbocycles. The molecule has 0 unspecified atom stereocenters. The van der Waals surface area contributed by atoms with E-state index in [1.807, 2.05) is 13.0 Å². The molecule has 0 spiro atoms. The average molecular weight is 568 g/mol. The lowest BCUT2D eigenvalue weighted by atomic mass is 10.0. The van der Waals surface area contributed by atoms with E-state index in [0.29, 0.717) is 17.4 Å². The number of aromatic nitrogens is 4. The molecule has 0 bridgehead atoms. The summed E-state index contributed by atoms with van der Waals surface area (Å²) < 4.78 is 44.7. The van der Waals surface area contributed by atoms with Crippen molar-refractivity contribution in [2.24, 2.45) is 0 Å². The fourth-order valence-corrected chi connectivity index (χ4v) is 6.45. The Bertz CT molecular complexity index is 2040. The molecule has 3 aromatic carbocycles. The summed E-state index contributed by atoms with van der Waals surface area (Å²) in [6.07, 6.45) is 4.81. The molecule has 0 atom stereocenters. The normalized spacial score (nSPS) is 11.8. The molecule has 3 aromatic heterocycles. The fourth-order valence-electron chi connectivity index (χ4n) is 4.99. The lowest BCUT2D eigenvalue weighted by Crippen LogP contribution is -2.26. The van der Waals surface area contributed by atoms with Crippen molar-refractivity contribution in [3.8, 4) is 11.1 Å². The van der Waals surface area contributed by atoms with Gasteiger partial charge in [-0.15, -0.1) is 0 Å². The Morgan fingerprint density at radius 3 is 2.34 bits per heavy atom. The van der Waals surface area contributed by atoms with Crippen molar-refractivity contribution >= 4 is 37.8 Å². The first kappa shape index (κ1) is 26.4. The Labute approximate surface area is 236 Å². The number of rotatable bonds is 5. The highest BCUT2D eigenvalue weighted by molar-refractivity contribution is 7.91. The number of nitrogens with zero attached hydrogens (tertiary/aromatic N) is 5. The van der Waals surface area contributed by atoms with Crippen molar-refractivity contribution in [3.63, 3.8) is 0 Å². The van der Waals surface area contributed by atoms with Crippen LogP contribution in [0.1, 0.15) is 11.4 Å². The van der Waals surface area contributed by atoms with Gasteiger partial charge in [-0.3, -0.25) is 9.55 Å². The van der Waals surface area contributed by atoms with Gasteiger partial charge in [0.15, 0.2) is 0 Å². The molecule has 0 aliphatic heterocycles. The van der Waals surface area contributed by atoms with Crippen LogP contribution in [0.4, 0.5) is 9.18 Å². The van der Waals surface area contributed by atoms with E-state index in [0.717, 1.165) is 33.5 Å². The van der Waals surface area contributed by atoms with E-state index in [1.165, 1.54) is 27.8 Å². The van der Waals surface area contributed by atoms with E-state index in [1.54, 1.807) is 81.1 Å². The molecular weight excluding hydrogens is 541 g/mol. The largest absolute Gasteiger partial charge is 0.330 e. The van der Waals surface area contributed by atoms with Crippen LogP contribution in [0.25, 0.3) is 33.1 Å². The monoisotopic (exact) mass is 567 g/mol. The zero-order valence-corrected chi connectivity index (χ0v) is 23.4. The summed E-state index contributed by atoms with van der Waals surface area (Å²) >= 11 is 0. The quantitative estimate of drug-likeness (QED) is 0.258. The Morgan fingerprint density at radius 1 is 0.927 bits per heavy atom. The first-order valence-electron chi connectivity index (χ1n) is 12.9. The van der Waals surface area contributed by atoms with Crippen molar-refractivity contribution in [1.29, 1.82) is 0 Å². The molecule has 0 aliphatic carbocycles. The molecule has 0 radical (unpaired) electrons. The van der Waals surface area contributed by atoms with E-state index in [2.05, 4.69) is 14.5 Å². The molecule has 6 aromatic rings. The number of aryl methyl sites for hydroxylation is 1. The molecular formula is C31H26FN5O3S. The molecule has 10 heteroatoms. The maximum absolute atomic E-state index is 13.9. The minimum Gasteiger partial charge on any atom is -0.330 e. The maximum atomic E-state index is 13.9. The minimum atomic E-state index is -3.98. The lowest BCUT2D eigenvalue weighted by Gasteiger charge is -2.12. The highest BCUT2D eigenvalue weighted by Crippen LogP contribution is 2.34. The summed E-state index contributed by atoms with van der Waals surface area (Å²) in [5.74, 6) is 0.481.